The lowest BCUT2D eigenvalue weighted by Crippen LogP contribution is -2.21. The molecule has 0 saturated heterocycles. The van der Waals surface area contributed by atoms with Crippen LogP contribution in [0.4, 0.5) is 5.69 Å². The summed E-state index contributed by atoms with van der Waals surface area (Å²) in [4.78, 5) is 8.75. The summed E-state index contributed by atoms with van der Waals surface area (Å²) in [6.45, 7) is 5.00. The molecule has 192 valence electrons. The lowest BCUT2D eigenvalue weighted by Gasteiger charge is -2.19. The van der Waals surface area contributed by atoms with E-state index in [2.05, 4.69) is 101 Å². The SMILES string of the molecule is Cc1nn(-c2cccc(Oc3cccc(N4C=CN(C)C4)c3)c2)c(C)c1-n1c2ccccc2c2ccncc21. The van der Waals surface area contributed by atoms with Crippen molar-refractivity contribution in [3.8, 4) is 22.9 Å². The molecule has 6 aromatic rings. The number of nitrogens with zero attached hydrogens (tertiary/aromatic N) is 6. The number of aromatic nitrogens is 4. The van der Waals surface area contributed by atoms with Gasteiger partial charge in [-0.2, -0.15) is 5.10 Å². The van der Waals surface area contributed by atoms with E-state index >= 15 is 0 Å². The van der Waals surface area contributed by atoms with Crippen LogP contribution in [0.2, 0.25) is 0 Å². The summed E-state index contributed by atoms with van der Waals surface area (Å²) in [6.07, 6.45) is 7.93. The fourth-order valence-corrected chi connectivity index (χ4v) is 5.51. The van der Waals surface area contributed by atoms with Crippen LogP contribution in [0.25, 0.3) is 33.2 Å². The fraction of sp³-hybridized carbons (Fsp3) is 0.125. The van der Waals surface area contributed by atoms with E-state index in [1.807, 2.05) is 47.4 Å². The van der Waals surface area contributed by atoms with E-state index in [1.165, 1.54) is 10.8 Å². The number of pyridine rings is 1. The van der Waals surface area contributed by atoms with Gasteiger partial charge in [-0.05, 0) is 50.2 Å². The van der Waals surface area contributed by atoms with Crippen molar-refractivity contribution in [1.29, 1.82) is 0 Å². The van der Waals surface area contributed by atoms with Crippen LogP contribution in [-0.2, 0) is 0 Å². The summed E-state index contributed by atoms with van der Waals surface area (Å²) in [5, 5.41) is 7.36. The molecular formula is C32H28N6O. The normalized spacial score (nSPS) is 13.2. The van der Waals surface area contributed by atoms with Gasteiger partial charge in [0.15, 0.2) is 0 Å². The summed E-state index contributed by atoms with van der Waals surface area (Å²) in [6, 6.07) is 26.8. The average Bonchev–Trinajstić information content (AvgIpc) is 3.62. The van der Waals surface area contributed by atoms with Gasteiger partial charge in [0.1, 0.15) is 11.5 Å². The van der Waals surface area contributed by atoms with Gasteiger partial charge >= 0.3 is 0 Å². The Morgan fingerprint density at radius 1 is 0.769 bits per heavy atom. The monoisotopic (exact) mass is 512 g/mol. The van der Waals surface area contributed by atoms with Crippen molar-refractivity contribution < 1.29 is 4.74 Å². The summed E-state index contributed by atoms with van der Waals surface area (Å²) in [5.41, 5.74) is 7.30. The van der Waals surface area contributed by atoms with Crippen molar-refractivity contribution in [2.45, 2.75) is 13.8 Å². The van der Waals surface area contributed by atoms with E-state index < -0.39 is 0 Å². The first-order chi connectivity index (χ1) is 19.1. The van der Waals surface area contributed by atoms with Crippen molar-refractivity contribution >= 4 is 27.5 Å². The molecule has 0 N–H and O–H groups in total. The quantitative estimate of drug-likeness (QED) is 0.250. The van der Waals surface area contributed by atoms with E-state index in [9.17, 15) is 0 Å². The molecule has 7 nitrogen and oxygen atoms in total. The molecule has 0 fully saturated rings. The number of benzene rings is 3. The molecule has 1 aliphatic rings. The number of rotatable bonds is 5. The zero-order chi connectivity index (χ0) is 26.5. The third-order valence-corrected chi connectivity index (χ3v) is 7.28. The number of anilines is 1. The number of hydrogen-bond acceptors (Lipinski definition) is 5. The first kappa shape index (κ1) is 23.1. The minimum absolute atomic E-state index is 0.758. The average molecular weight is 513 g/mol. The topological polar surface area (TPSA) is 51.4 Å². The number of aryl methyl sites for hydroxylation is 1. The predicted molar refractivity (Wildman–Crippen MR) is 156 cm³/mol. The molecular weight excluding hydrogens is 484 g/mol. The van der Waals surface area contributed by atoms with E-state index in [4.69, 9.17) is 9.84 Å². The Morgan fingerprint density at radius 2 is 1.51 bits per heavy atom. The van der Waals surface area contributed by atoms with Crippen molar-refractivity contribution in [2.75, 3.05) is 18.6 Å². The summed E-state index contributed by atoms with van der Waals surface area (Å²) < 4.78 is 10.6. The maximum atomic E-state index is 6.31. The fourth-order valence-electron chi connectivity index (χ4n) is 5.51. The first-order valence-electron chi connectivity index (χ1n) is 13.0. The van der Waals surface area contributed by atoms with Gasteiger partial charge in [-0.3, -0.25) is 4.98 Å². The zero-order valence-corrected chi connectivity index (χ0v) is 22.1. The minimum atomic E-state index is 0.758. The van der Waals surface area contributed by atoms with Crippen LogP contribution in [0.3, 0.4) is 0 Å². The van der Waals surface area contributed by atoms with Crippen LogP contribution < -0.4 is 9.64 Å². The second-order valence-corrected chi connectivity index (χ2v) is 9.94. The van der Waals surface area contributed by atoms with Gasteiger partial charge in [-0.15, -0.1) is 0 Å². The largest absolute Gasteiger partial charge is 0.457 e. The summed E-state index contributed by atoms with van der Waals surface area (Å²) in [7, 11) is 2.06. The zero-order valence-electron chi connectivity index (χ0n) is 22.1. The Morgan fingerprint density at radius 3 is 2.31 bits per heavy atom. The molecule has 1 aliphatic heterocycles. The number of ether oxygens (including phenoxy) is 1. The van der Waals surface area contributed by atoms with Gasteiger partial charge < -0.3 is 19.1 Å². The number of para-hydroxylation sites is 1. The summed E-state index contributed by atoms with van der Waals surface area (Å²) >= 11 is 0. The minimum Gasteiger partial charge on any atom is -0.457 e. The third-order valence-electron chi connectivity index (χ3n) is 7.28. The van der Waals surface area contributed by atoms with E-state index in [0.29, 0.717) is 0 Å². The second-order valence-electron chi connectivity index (χ2n) is 9.94. The molecule has 0 spiro atoms. The molecule has 39 heavy (non-hydrogen) atoms. The van der Waals surface area contributed by atoms with Crippen LogP contribution >= 0.6 is 0 Å². The summed E-state index contributed by atoms with van der Waals surface area (Å²) in [5.74, 6) is 1.55. The predicted octanol–water partition coefficient (Wildman–Crippen LogP) is 6.95. The number of hydrogen-bond donors (Lipinski definition) is 0. The molecule has 0 radical (unpaired) electrons. The van der Waals surface area contributed by atoms with Gasteiger partial charge in [0.2, 0.25) is 0 Å². The van der Waals surface area contributed by atoms with Crippen LogP contribution in [0, 0.1) is 13.8 Å². The standard InChI is InChI=1S/C32H28N6O/c1-22-32(37-30-13-5-4-12-28(30)29-14-15-33-20-31(29)37)23(2)38(34-22)25-9-7-11-27(19-25)39-26-10-6-8-24(18-26)36-17-16-35(3)21-36/h4-20H,21H2,1-3H3. The molecule has 0 amide bonds. The Bertz CT molecular complexity index is 1830. The first-order valence-corrected chi connectivity index (χ1v) is 13.0. The number of fused-ring (bicyclic) bond motifs is 3. The van der Waals surface area contributed by atoms with E-state index in [0.717, 1.165) is 57.7 Å². The van der Waals surface area contributed by atoms with Crippen molar-refractivity contribution in [3.63, 3.8) is 0 Å². The van der Waals surface area contributed by atoms with Crippen molar-refractivity contribution in [1.82, 2.24) is 24.2 Å². The molecule has 0 unspecified atom stereocenters. The highest BCUT2D eigenvalue weighted by Gasteiger charge is 2.20. The molecule has 4 heterocycles. The van der Waals surface area contributed by atoms with Crippen LogP contribution in [0.15, 0.2) is 104 Å². The van der Waals surface area contributed by atoms with Crippen LogP contribution in [-0.4, -0.2) is 37.9 Å². The highest BCUT2D eigenvalue weighted by atomic mass is 16.5. The highest BCUT2D eigenvalue weighted by Crippen LogP contribution is 2.35. The molecule has 0 aliphatic carbocycles. The maximum Gasteiger partial charge on any atom is 0.129 e. The lowest BCUT2D eigenvalue weighted by atomic mass is 10.2. The van der Waals surface area contributed by atoms with E-state index in [1.54, 1.807) is 0 Å². The van der Waals surface area contributed by atoms with Crippen LogP contribution in [0.1, 0.15) is 11.4 Å². The molecule has 7 heteroatoms. The molecule has 3 aromatic carbocycles. The van der Waals surface area contributed by atoms with E-state index in [-0.39, 0.29) is 0 Å². The highest BCUT2D eigenvalue weighted by molar-refractivity contribution is 6.09. The smallest absolute Gasteiger partial charge is 0.129 e. The molecule has 0 atom stereocenters. The van der Waals surface area contributed by atoms with Gasteiger partial charge in [-0.1, -0.05) is 30.3 Å². The Hall–Kier alpha value is -5.04. The second kappa shape index (κ2) is 9.06. The van der Waals surface area contributed by atoms with Gasteiger partial charge in [0, 0.05) is 54.2 Å². The van der Waals surface area contributed by atoms with Gasteiger partial charge in [-0.25, -0.2) is 4.68 Å². The molecule has 7 rings (SSSR count). The van der Waals surface area contributed by atoms with Gasteiger partial charge in [0.05, 0.1) is 46.7 Å². The maximum absolute atomic E-state index is 6.31. The Kier molecular flexibility index (Phi) is 5.37. The van der Waals surface area contributed by atoms with Crippen molar-refractivity contribution in [2.24, 2.45) is 0 Å². The third kappa shape index (κ3) is 3.90. The Labute approximate surface area is 226 Å². The molecule has 0 saturated carbocycles. The van der Waals surface area contributed by atoms with Gasteiger partial charge in [0.25, 0.3) is 0 Å². The molecule has 3 aromatic heterocycles. The molecule has 0 bridgehead atoms. The Balaban J connectivity index is 1.26. The van der Waals surface area contributed by atoms with Crippen molar-refractivity contribution in [3.05, 3.63) is 115 Å². The lowest BCUT2D eigenvalue weighted by molar-refractivity contribution is 0.480. The van der Waals surface area contributed by atoms with Crippen LogP contribution in [0.5, 0.6) is 11.5 Å².